The largest absolute Gasteiger partial charge is 0.311 e. The molecule has 5 aromatic rings. The smallest absolute Gasteiger partial charge is 0.213 e. The summed E-state index contributed by atoms with van der Waals surface area (Å²) in [7, 11) is 4.83. The fraction of sp³-hybridized carbons (Fsp3) is 0.0938. The van der Waals surface area contributed by atoms with Crippen LogP contribution in [-0.2, 0) is 6.54 Å². The highest BCUT2D eigenvalue weighted by Crippen LogP contribution is 2.36. The number of hydrogen-bond acceptors (Lipinski definition) is 1. The zero-order valence-electron chi connectivity index (χ0n) is 20.9. The van der Waals surface area contributed by atoms with Gasteiger partial charge in [0.05, 0.1) is 5.56 Å². The molecule has 0 fully saturated rings. The summed E-state index contributed by atoms with van der Waals surface area (Å²) in [5, 5.41) is 0. The van der Waals surface area contributed by atoms with Crippen LogP contribution in [-0.4, -0.2) is 13.3 Å². The van der Waals surface area contributed by atoms with E-state index >= 15 is 0 Å². The summed E-state index contributed by atoms with van der Waals surface area (Å²) in [6.07, 6.45) is 2.16. The van der Waals surface area contributed by atoms with Crippen molar-refractivity contribution in [3.8, 4) is 22.4 Å². The van der Waals surface area contributed by atoms with Crippen LogP contribution in [0.1, 0.15) is 5.56 Å². The van der Waals surface area contributed by atoms with Crippen LogP contribution < -0.4 is 9.47 Å². The van der Waals surface area contributed by atoms with Crippen LogP contribution in [0, 0.1) is 0 Å². The molecular formula is C32H33N2P2+. The normalized spacial score (nSPS) is 10.7. The number of anilines is 3. The lowest BCUT2D eigenvalue weighted by Crippen LogP contribution is -2.31. The molecule has 1 aliphatic rings. The Morgan fingerprint density at radius 2 is 1.08 bits per heavy atom. The third kappa shape index (κ3) is 5.41. The van der Waals surface area contributed by atoms with E-state index in [0.717, 1.165) is 23.6 Å². The van der Waals surface area contributed by atoms with E-state index in [1.165, 1.54) is 27.9 Å². The summed E-state index contributed by atoms with van der Waals surface area (Å²) in [6, 6.07) is 43.2. The van der Waals surface area contributed by atoms with Gasteiger partial charge in [0.15, 0.2) is 12.7 Å². The van der Waals surface area contributed by atoms with Gasteiger partial charge in [0.2, 0.25) is 5.69 Å². The van der Waals surface area contributed by atoms with Crippen molar-refractivity contribution in [1.82, 2.24) is 0 Å². The molecule has 4 heteroatoms. The summed E-state index contributed by atoms with van der Waals surface area (Å²) < 4.78 is 2.31. The summed E-state index contributed by atoms with van der Waals surface area (Å²) in [4.78, 5) is 2.29. The molecular weight excluding hydrogens is 474 g/mol. The Balaban J connectivity index is 0.000000726. The predicted molar refractivity (Wildman–Crippen MR) is 163 cm³/mol. The Bertz CT molecular complexity index is 1350. The van der Waals surface area contributed by atoms with E-state index in [1.54, 1.807) is 0 Å². The molecule has 1 aromatic heterocycles. The molecule has 180 valence electrons. The maximum absolute atomic E-state index is 2.42. The first kappa shape index (κ1) is 25.8. The number of pyridine rings is 1. The highest BCUT2D eigenvalue weighted by atomic mass is 31.0. The van der Waals surface area contributed by atoms with Gasteiger partial charge in [-0.15, -0.1) is 18.5 Å². The van der Waals surface area contributed by atoms with Gasteiger partial charge < -0.3 is 4.90 Å². The predicted octanol–water partition coefficient (Wildman–Crippen LogP) is 8.12. The fourth-order valence-corrected chi connectivity index (χ4v) is 4.58. The van der Waals surface area contributed by atoms with Gasteiger partial charge in [-0.3, -0.25) is 0 Å². The Morgan fingerprint density at radius 3 is 1.69 bits per heavy atom. The summed E-state index contributed by atoms with van der Waals surface area (Å²) in [6.45, 7) is 4.79. The second-order valence-corrected chi connectivity index (χ2v) is 8.14. The second-order valence-electron chi connectivity index (χ2n) is 8.14. The second kappa shape index (κ2) is 12.6. The van der Waals surface area contributed by atoms with Crippen LogP contribution in [0.3, 0.4) is 0 Å². The molecule has 0 N–H and O–H groups in total. The van der Waals surface area contributed by atoms with E-state index < -0.39 is 0 Å². The van der Waals surface area contributed by atoms with Crippen molar-refractivity contribution in [3.63, 3.8) is 0 Å². The van der Waals surface area contributed by atoms with Gasteiger partial charge in [0, 0.05) is 34.8 Å². The van der Waals surface area contributed by atoms with Gasteiger partial charge in [0.1, 0.15) is 0 Å². The Kier molecular flexibility index (Phi) is 9.01. The molecule has 1 aliphatic heterocycles. The molecule has 0 radical (unpaired) electrons. The van der Waals surface area contributed by atoms with Gasteiger partial charge in [-0.1, -0.05) is 74.0 Å². The number of rotatable bonds is 4. The van der Waals surface area contributed by atoms with E-state index in [0.29, 0.717) is 0 Å². The molecule has 0 bridgehead atoms. The minimum Gasteiger partial charge on any atom is -0.311 e. The van der Waals surface area contributed by atoms with E-state index in [-0.39, 0.29) is 0 Å². The van der Waals surface area contributed by atoms with Crippen LogP contribution in [0.5, 0.6) is 0 Å². The molecule has 2 nitrogen and oxygen atoms in total. The van der Waals surface area contributed by atoms with Gasteiger partial charge in [-0.05, 0) is 59.7 Å². The van der Waals surface area contributed by atoms with Gasteiger partial charge in [-0.25, -0.2) is 0 Å². The van der Waals surface area contributed by atoms with Crippen molar-refractivity contribution in [2.75, 3.05) is 18.2 Å². The third-order valence-corrected chi connectivity index (χ3v) is 6.15. The molecule has 0 aliphatic carbocycles. The zero-order chi connectivity index (χ0) is 25.3. The summed E-state index contributed by atoms with van der Waals surface area (Å²) in [5.41, 5.74) is 9.94. The SMILES string of the molecule is CP.CP.c1ccc(N(c2ccccc2)c2ccc(-c3ccc4c(c3)-c3cccc[n+]3C4)cc2)cc1. The maximum Gasteiger partial charge on any atom is 0.213 e. The first-order valence-corrected chi connectivity index (χ1v) is 14.5. The number of benzene rings is 4. The van der Waals surface area contributed by atoms with Crippen molar-refractivity contribution in [1.29, 1.82) is 0 Å². The van der Waals surface area contributed by atoms with Crippen molar-refractivity contribution < 1.29 is 4.57 Å². The third-order valence-electron chi connectivity index (χ3n) is 6.15. The van der Waals surface area contributed by atoms with Crippen molar-refractivity contribution >= 4 is 35.5 Å². The molecule has 2 heterocycles. The van der Waals surface area contributed by atoms with Crippen molar-refractivity contribution in [2.45, 2.75) is 6.54 Å². The van der Waals surface area contributed by atoms with Gasteiger partial charge >= 0.3 is 0 Å². The maximum atomic E-state index is 2.42. The lowest BCUT2D eigenvalue weighted by molar-refractivity contribution is -0.672. The average Bonchev–Trinajstić information content (AvgIpc) is 3.35. The molecule has 6 rings (SSSR count). The number of fused-ring (bicyclic) bond motifs is 3. The average molecular weight is 508 g/mol. The number of hydrogen-bond donors (Lipinski definition) is 0. The highest BCUT2D eigenvalue weighted by Gasteiger charge is 2.25. The summed E-state index contributed by atoms with van der Waals surface area (Å²) >= 11 is 0. The molecule has 0 saturated heterocycles. The van der Waals surface area contributed by atoms with Crippen LogP contribution in [0.4, 0.5) is 17.1 Å². The van der Waals surface area contributed by atoms with E-state index in [2.05, 4.69) is 155 Å². The molecule has 0 spiro atoms. The number of aromatic nitrogens is 1. The lowest BCUT2D eigenvalue weighted by atomic mass is 9.98. The summed E-state index contributed by atoms with van der Waals surface area (Å²) in [5.74, 6) is 0. The van der Waals surface area contributed by atoms with Crippen molar-refractivity contribution in [2.24, 2.45) is 0 Å². The zero-order valence-corrected chi connectivity index (χ0v) is 23.2. The minimum absolute atomic E-state index is 0.952. The Labute approximate surface area is 220 Å². The number of nitrogens with zero attached hydrogens (tertiary/aromatic N) is 2. The molecule has 2 unspecified atom stereocenters. The van der Waals surface area contributed by atoms with Crippen LogP contribution >= 0.6 is 18.5 Å². The molecule has 0 amide bonds. The van der Waals surface area contributed by atoms with E-state index in [1.807, 2.05) is 13.3 Å². The molecule has 36 heavy (non-hydrogen) atoms. The Hall–Kier alpha value is -3.31. The van der Waals surface area contributed by atoms with Crippen molar-refractivity contribution in [3.05, 3.63) is 133 Å². The first-order valence-electron chi connectivity index (χ1n) is 12.1. The molecule has 4 aromatic carbocycles. The van der Waals surface area contributed by atoms with Crippen LogP contribution in [0.15, 0.2) is 128 Å². The Morgan fingerprint density at radius 1 is 0.556 bits per heavy atom. The van der Waals surface area contributed by atoms with Crippen LogP contribution in [0.2, 0.25) is 0 Å². The topological polar surface area (TPSA) is 7.12 Å². The highest BCUT2D eigenvalue weighted by molar-refractivity contribution is 7.15. The first-order chi connectivity index (χ1) is 17.9. The standard InChI is InChI=1S/C30H23N2.2CH5P/c1-3-9-26(10-4-1)32(27-11-5-2-6-12-27)28-18-16-23(17-19-28)24-14-15-25-22-31-20-8-7-13-30(31)29(25)21-24;2*1-2/h1-21H,22H2;2*2H2,1H3/q+1;;. The fourth-order valence-electron chi connectivity index (χ4n) is 4.58. The van der Waals surface area contributed by atoms with Gasteiger partial charge in [-0.2, -0.15) is 4.57 Å². The quantitative estimate of drug-likeness (QED) is 0.173. The minimum atomic E-state index is 0.952. The molecule has 0 saturated carbocycles. The number of para-hydroxylation sites is 2. The monoisotopic (exact) mass is 507 g/mol. The van der Waals surface area contributed by atoms with Crippen LogP contribution in [0.25, 0.3) is 22.4 Å². The molecule has 2 atom stereocenters. The van der Waals surface area contributed by atoms with Gasteiger partial charge in [0.25, 0.3) is 0 Å². The lowest BCUT2D eigenvalue weighted by Gasteiger charge is -2.25. The van der Waals surface area contributed by atoms with E-state index in [4.69, 9.17) is 0 Å². The van der Waals surface area contributed by atoms with E-state index in [9.17, 15) is 0 Å².